The standard InChI is InChI=1S/C21H23N3OS/c1-25-18-5-6-20-19(12-18)17(14-23-20)7-8-24-9-10-26-21(24)16-4-2-3-15(11-16)13-22/h2-6,9-12,14,21,23H,7-8,13,22H2,1H3. The van der Waals surface area contributed by atoms with Gasteiger partial charge in [-0.1, -0.05) is 24.3 Å². The lowest BCUT2D eigenvalue weighted by Crippen LogP contribution is -2.21. The molecule has 26 heavy (non-hydrogen) atoms. The summed E-state index contributed by atoms with van der Waals surface area (Å²) in [6.45, 7) is 1.54. The third-order valence-corrected chi connectivity index (χ3v) is 5.93. The maximum atomic E-state index is 5.80. The van der Waals surface area contributed by atoms with Crippen LogP contribution in [0.25, 0.3) is 10.9 Å². The van der Waals surface area contributed by atoms with E-state index in [1.807, 2.05) is 17.8 Å². The van der Waals surface area contributed by atoms with Crippen molar-refractivity contribution < 1.29 is 4.74 Å². The zero-order chi connectivity index (χ0) is 17.9. The Morgan fingerprint density at radius 1 is 1.23 bits per heavy atom. The van der Waals surface area contributed by atoms with Crippen LogP contribution in [0.15, 0.2) is 60.3 Å². The summed E-state index contributed by atoms with van der Waals surface area (Å²) >= 11 is 1.85. The topological polar surface area (TPSA) is 54.3 Å². The van der Waals surface area contributed by atoms with Crippen molar-refractivity contribution in [2.75, 3.05) is 13.7 Å². The average Bonchev–Trinajstić information content (AvgIpc) is 3.32. The number of nitrogens with two attached hydrogens (primary N) is 1. The highest BCUT2D eigenvalue weighted by atomic mass is 32.2. The molecule has 4 nitrogen and oxygen atoms in total. The van der Waals surface area contributed by atoms with Crippen LogP contribution in [0.2, 0.25) is 0 Å². The first kappa shape index (κ1) is 17.1. The van der Waals surface area contributed by atoms with Gasteiger partial charge in [0.25, 0.3) is 0 Å². The summed E-state index contributed by atoms with van der Waals surface area (Å²) in [5, 5.41) is 3.74. The quantitative estimate of drug-likeness (QED) is 0.680. The van der Waals surface area contributed by atoms with Crippen LogP contribution in [0.1, 0.15) is 22.1 Å². The van der Waals surface area contributed by atoms with E-state index in [1.54, 1.807) is 7.11 Å². The van der Waals surface area contributed by atoms with Crippen LogP contribution in [0.5, 0.6) is 5.75 Å². The van der Waals surface area contributed by atoms with Crippen molar-refractivity contribution >= 4 is 22.7 Å². The van der Waals surface area contributed by atoms with E-state index in [1.165, 1.54) is 22.1 Å². The Morgan fingerprint density at radius 2 is 2.15 bits per heavy atom. The van der Waals surface area contributed by atoms with Gasteiger partial charge in [0.15, 0.2) is 0 Å². The predicted octanol–water partition coefficient (Wildman–Crippen LogP) is 4.40. The summed E-state index contributed by atoms with van der Waals surface area (Å²) in [4.78, 5) is 5.76. The zero-order valence-electron chi connectivity index (χ0n) is 14.8. The third-order valence-electron chi connectivity index (χ3n) is 4.85. The second-order valence-corrected chi connectivity index (χ2v) is 7.43. The number of nitrogens with zero attached hydrogens (tertiary/aromatic N) is 1. The van der Waals surface area contributed by atoms with E-state index in [0.717, 1.165) is 24.2 Å². The van der Waals surface area contributed by atoms with Crippen LogP contribution in [0, 0.1) is 0 Å². The molecule has 2 heterocycles. The molecule has 0 aliphatic carbocycles. The first-order valence-electron chi connectivity index (χ1n) is 8.79. The molecule has 1 aromatic heterocycles. The molecule has 0 amide bonds. The second-order valence-electron chi connectivity index (χ2n) is 6.44. The van der Waals surface area contributed by atoms with Crippen LogP contribution in [0.3, 0.4) is 0 Å². The number of aromatic nitrogens is 1. The lowest BCUT2D eigenvalue weighted by molar-refractivity contribution is 0.372. The molecule has 2 aromatic carbocycles. The summed E-state index contributed by atoms with van der Waals surface area (Å²) in [7, 11) is 1.71. The first-order valence-corrected chi connectivity index (χ1v) is 9.73. The summed E-state index contributed by atoms with van der Waals surface area (Å²) in [6.07, 6.45) is 5.28. The average molecular weight is 366 g/mol. The van der Waals surface area contributed by atoms with Crippen LogP contribution in [-0.2, 0) is 13.0 Å². The first-order chi connectivity index (χ1) is 12.8. The molecule has 1 unspecified atom stereocenters. The molecule has 3 N–H and O–H groups in total. The minimum absolute atomic E-state index is 0.321. The number of aromatic amines is 1. The van der Waals surface area contributed by atoms with E-state index >= 15 is 0 Å². The Labute approximate surface area is 158 Å². The van der Waals surface area contributed by atoms with Crippen LogP contribution in [0.4, 0.5) is 0 Å². The van der Waals surface area contributed by atoms with Gasteiger partial charge in [-0.2, -0.15) is 0 Å². The molecule has 3 aromatic rings. The summed E-state index contributed by atoms with van der Waals surface area (Å²) in [5.74, 6) is 0.895. The normalized spacial score (nSPS) is 16.5. The van der Waals surface area contributed by atoms with Gasteiger partial charge in [-0.25, -0.2) is 0 Å². The molecule has 0 saturated carbocycles. The second kappa shape index (κ2) is 7.48. The molecular weight excluding hydrogens is 342 g/mol. The van der Waals surface area contributed by atoms with Crippen LogP contribution < -0.4 is 10.5 Å². The van der Waals surface area contributed by atoms with Crippen molar-refractivity contribution in [3.63, 3.8) is 0 Å². The van der Waals surface area contributed by atoms with E-state index in [2.05, 4.69) is 64.1 Å². The van der Waals surface area contributed by atoms with E-state index in [9.17, 15) is 0 Å². The van der Waals surface area contributed by atoms with Gasteiger partial charge < -0.3 is 20.4 Å². The Morgan fingerprint density at radius 3 is 3.00 bits per heavy atom. The highest BCUT2D eigenvalue weighted by Gasteiger charge is 2.22. The molecule has 0 radical (unpaired) electrons. The number of rotatable bonds is 6. The number of methoxy groups -OCH3 is 1. The number of thioether (sulfide) groups is 1. The fourth-order valence-corrected chi connectivity index (χ4v) is 4.43. The molecule has 134 valence electrons. The predicted molar refractivity (Wildman–Crippen MR) is 109 cm³/mol. The smallest absolute Gasteiger partial charge is 0.119 e. The molecule has 4 rings (SSSR count). The minimum atomic E-state index is 0.321. The van der Waals surface area contributed by atoms with Gasteiger partial charge in [0.2, 0.25) is 0 Å². The number of nitrogens with one attached hydrogen (secondary N) is 1. The molecule has 0 fully saturated rings. The van der Waals surface area contributed by atoms with Gasteiger partial charge in [0, 0.05) is 36.4 Å². The summed E-state index contributed by atoms with van der Waals surface area (Å²) in [5.41, 5.74) is 10.8. The van der Waals surface area contributed by atoms with E-state index < -0.39 is 0 Å². The van der Waals surface area contributed by atoms with E-state index in [-0.39, 0.29) is 0 Å². The Bertz CT molecular complexity index is 934. The molecule has 1 atom stereocenters. The number of H-pyrrole nitrogens is 1. The van der Waals surface area contributed by atoms with E-state index in [0.29, 0.717) is 11.9 Å². The SMILES string of the molecule is COc1ccc2[nH]cc(CCN3C=CSC3c3cccc(CN)c3)c2c1. The van der Waals surface area contributed by atoms with Crippen molar-refractivity contribution in [1.82, 2.24) is 9.88 Å². The maximum Gasteiger partial charge on any atom is 0.119 e. The van der Waals surface area contributed by atoms with Crippen molar-refractivity contribution in [3.05, 3.63) is 77.0 Å². The van der Waals surface area contributed by atoms with Crippen LogP contribution >= 0.6 is 11.8 Å². The summed E-state index contributed by atoms with van der Waals surface area (Å²) in [6, 6.07) is 14.8. The van der Waals surface area contributed by atoms with Crippen LogP contribution in [-0.4, -0.2) is 23.5 Å². The third kappa shape index (κ3) is 3.32. The lowest BCUT2D eigenvalue weighted by Gasteiger charge is -2.25. The van der Waals surface area contributed by atoms with Gasteiger partial charge in [-0.3, -0.25) is 0 Å². The lowest BCUT2D eigenvalue weighted by atomic mass is 10.1. The van der Waals surface area contributed by atoms with Crippen molar-refractivity contribution in [2.24, 2.45) is 5.73 Å². The fourth-order valence-electron chi connectivity index (χ4n) is 3.42. The van der Waals surface area contributed by atoms with Gasteiger partial charge in [-0.15, -0.1) is 11.8 Å². The molecule has 0 bridgehead atoms. The van der Waals surface area contributed by atoms with Crippen molar-refractivity contribution in [1.29, 1.82) is 0 Å². The Hall–Kier alpha value is -2.37. The molecule has 1 aliphatic rings. The maximum absolute atomic E-state index is 5.80. The van der Waals surface area contributed by atoms with Gasteiger partial charge in [0.05, 0.1) is 7.11 Å². The zero-order valence-corrected chi connectivity index (χ0v) is 15.6. The van der Waals surface area contributed by atoms with Crippen molar-refractivity contribution in [3.8, 4) is 5.75 Å². The number of hydrogen-bond acceptors (Lipinski definition) is 4. The van der Waals surface area contributed by atoms with Gasteiger partial charge in [0.1, 0.15) is 11.1 Å². The minimum Gasteiger partial charge on any atom is -0.497 e. The number of ether oxygens (including phenoxy) is 1. The fraction of sp³-hybridized carbons (Fsp3) is 0.238. The highest BCUT2D eigenvalue weighted by Crippen LogP contribution is 2.39. The van der Waals surface area contributed by atoms with Gasteiger partial charge in [-0.05, 0) is 46.7 Å². The molecule has 0 saturated heterocycles. The molecule has 1 aliphatic heterocycles. The number of hydrogen-bond donors (Lipinski definition) is 2. The van der Waals surface area contributed by atoms with E-state index in [4.69, 9.17) is 10.5 Å². The molecular formula is C21H23N3OS. The monoisotopic (exact) mass is 365 g/mol. The Balaban J connectivity index is 1.51. The largest absolute Gasteiger partial charge is 0.497 e. The molecule has 0 spiro atoms. The van der Waals surface area contributed by atoms with Crippen molar-refractivity contribution in [2.45, 2.75) is 18.3 Å². The highest BCUT2D eigenvalue weighted by molar-refractivity contribution is 8.02. The Kier molecular flexibility index (Phi) is 4.91. The molecule has 5 heteroatoms. The number of fused-ring (bicyclic) bond motifs is 1. The van der Waals surface area contributed by atoms with Gasteiger partial charge >= 0.3 is 0 Å². The summed E-state index contributed by atoms with van der Waals surface area (Å²) < 4.78 is 5.37. The number of benzene rings is 2.